The molecule has 1 aromatic rings. The van der Waals surface area contributed by atoms with Crippen LogP contribution in [0.2, 0.25) is 0 Å². The number of benzene rings is 1. The highest BCUT2D eigenvalue weighted by Gasteiger charge is 2.23. The van der Waals surface area contributed by atoms with Crippen LogP contribution in [0.3, 0.4) is 0 Å². The normalized spacial score (nSPS) is 19.8. The quantitative estimate of drug-likeness (QED) is 0.766. The van der Waals surface area contributed by atoms with Gasteiger partial charge in [-0.3, -0.25) is 9.59 Å². The van der Waals surface area contributed by atoms with Gasteiger partial charge in [0.2, 0.25) is 0 Å². The van der Waals surface area contributed by atoms with Crippen LogP contribution in [-0.4, -0.2) is 38.7 Å². The Bertz CT molecular complexity index is 601. The molecule has 0 bridgehead atoms. The van der Waals surface area contributed by atoms with E-state index in [9.17, 15) is 9.59 Å². The minimum Gasteiger partial charge on any atom is -0.493 e. The SMILES string of the molecule is COc1ccc(CC(=O)OCC(=O)N[C@H]2CCCC[C@@H]2C)cc1OC. The molecule has 1 amide bonds. The molecule has 0 heterocycles. The van der Waals surface area contributed by atoms with Crippen molar-refractivity contribution < 1.29 is 23.8 Å². The van der Waals surface area contributed by atoms with E-state index in [-0.39, 0.29) is 25.0 Å². The number of esters is 1. The summed E-state index contributed by atoms with van der Waals surface area (Å²) < 4.78 is 15.5. The summed E-state index contributed by atoms with van der Waals surface area (Å²) in [6.07, 6.45) is 4.55. The lowest BCUT2D eigenvalue weighted by molar-refractivity contribution is -0.148. The molecule has 1 aromatic carbocycles. The minimum atomic E-state index is -0.445. The molecule has 6 nitrogen and oxygen atoms in total. The van der Waals surface area contributed by atoms with Crippen LogP contribution in [0.5, 0.6) is 11.5 Å². The Morgan fingerprint density at radius 3 is 2.52 bits per heavy atom. The standard InChI is InChI=1S/C19H27NO5/c1-13-6-4-5-7-15(13)20-18(21)12-25-19(22)11-14-8-9-16(23-2)17(10-14)24-3/h8-10,13,15H,4-7,11-12H2,1-3H3,(H,20,21)/t13-,15-/m0/s1. The Morgan fingerprint density at radius 1 is 1.12 bits per heavy atom. The second kappa shape index (κ2) is 9.30. The number of ether oxygens (including phenoxy) is 3. The summed E-state index contributed by atoms with van der Waals surface area (Å²) in [4.78, 5) is 23.9. The zero-order valence-corrected chi connectivity index (χ0v) is 15.2. The Morgan fingerprint density at radius 2 is 1.84 bits per heavy atom. The van der Waals surface area contributed by atoms with Gasteiger partial charge < -0.3 is 19.5 Å². The van der Waals surface area contributed by atoms with Gasteiger partial charge in [-0.1, -0.05) is 25.8 Å². The number of carbonyl (C=O) groups is 2. The van der Waals surface area contributed by atoms with Crippen molar-refractivity contribution in [3.8, 4) is 11.5 Å². The van der Waals surface area contributed by atoms with E-state index < -0.39 is 5.97 Å². The van der Waals surface area contributed by atoms with Gasteiger partial charge in [0.15, 0.2) is 18.1 Å². The van der Waals surface area contributed by atoms with Crippen LogP contribution in [0.15, 0.2) is 18.2 Å². The van der Waals surface area contributed by atoms with E-state index in [1.165, 1.54) is 13.5 Å². The maximum atomic E-state index is 12.0. The molecular formula is C19H27NO5. The van der Waals surface area contributed by atoms with E-state index in [0.29, 0.717) is 17.4 Å². The van der Waals surface area contributed by atoms with Crippen LogP contribution < -0.4 is 14.8 Å². The fourth-order valence-electron chi connectivity index (χ4n) is 3.13. The molecule has 0 radical (unpaired) electrons. The number of amides is 1. The van der Waals surface area contributed by atoms with Crippen LogP contribution in [0.4, 0.5) is 0 Å². The van der Waals surface area contributed by atoms with Gasteiger partial charge in [-0.05, 0) is 36.5 Å². The molecule has 1 N–H and O–H groups in total. The molecule has 138 valence electrons. The lowest BCUT2D eigenvalue weighted by Gasteiger charge is -2.29. The molecular weight excluding hydrogens is 322 g/mol. The third-order valence-electron chi connectivity index (χ3n) is 4.62. The molecule has 2 rings (SSSR count). The number of methoxy groups -OCH3 is 2. The summed E-state index contributed by atoms with van der Waals surface area (Å²) in [5, 5.41) is 2.97. The van der Waals surface area contributed by atoms with Crippen molar-refractivity contribution in [2.45, 2.75) is 45.1 Å². The molecule has 6 heteroatoms. The highest BCUT2D eigenvalue weighted by Crippen LogP contribution is 2.27. The first kappa shape index (κ1) is 19.1. The van der Waals surface area contributed by atoms with Crippen molar-refractivity contribution in [3.05, 3.63) is 23.8 Å². The minimum absolute atomic E-state index is 0.0769. The first-order valence-corrected chi connectivity index (χ1v) is 8.69. The third-order valence-corrected chi connectivity index (χ3v) is 4.62. The summed E-state index contributed by atoms with van der Waals surface area (Å²) in [7, 11) is 3.09. The summed E-state index contributed by atoms with van der Waals surface area (Å²) >= 11 is 0. The average Bonchev–Trinajstić information content (AvgIpc) is 2.62. The number of carbonyl (C=O) groups excluding carboxylic acids is 2. The largest absolute Gasteiger partial charge is 0.493 e. The second-order valence-corrected chi connectivity index (χ2v) is 6.46. The van der Waals surface area contributed by atoms with Gasteiger partial charge in [0.05, 0.1) is 20.6 Å². The lowest BCUT2D eigenvalue weighted by atomic mass is 9.86. The topological polar surface area (TPSA) is 73.9 Å². The summed E-state index contributed by atoms with van der Waals surface area (Å²) in [5.74, 6) is 0.941. The van der Waals surface area contributed by atoms with Gasteiger partial charge in [-0.2, -0.15) is 0 Å². The number of hydrogen-bond donors (Lipinski definition) is 1. The van der Waals surface area contributed by atoms with Crippen molar-refractivity contribution in [3.63, 3.8) is 0 Å². The van der Waals surface area contributed by atoms with Crippen LogP contribution in [0.25, 0.3) is 0 Å². The molecule has 1 saturated carbocycles. The molecule has 1 aliphatic rings. The van der Waals surface area contributed by atoms with Crippen LogP contribution >= 0.6 is 0 Å². The fraction of sp³-hybridized carbons (Fsp3) is 0.579. The van der Waals surface area contributed by atoms with Crippen molar-refractivity contribution >= 4 is 11.9 Å². The van der Waals surface area contributed by atoms with Gasteiger partial charge in [0, 0.05) is 6.04 Å². The molecule has 2 atom stereocenters. The highest BCUT2D eigenvalue weighted by atomic mass is 16.5. The van der Waals surface area contributed by atoms with E-state index in [1.807, 2.05) is 0 Å². The van der Waals surface area contributed by atoms with E-state index >= 15 is 0 Å². The zero-order valence-electron chi connectivity index (χ0n) is 15.2. The monoisotopic (exact) mass is 349 g/mol. The number of hydrogen-bond acceptors (Lipinski definition) is 5. The van der Waals surface area contributed by atoms with E-state index in [4.69, 9.17) is 14.2 Å². The van der Waals surface area contributed by atoms with E-state index in [2.05, 4.69) is 12.2 Å². The van der Waals surface area contributed by atoms with Crippen molar-refractivity contribution in [2.75, 3.05) is 20.8 Å². The zero-order chi connectivity index (χ0) is 18.2. The average molecular weight is 349 g/mol. The van der Waals surface area contributed by atoms with E-state index in [1.54, 1.807) is 25.3 Å². The van der Waals surface area contributed by atoms with Crippen LogP contribution in [0, 0.1) is 5.92 Å². The van der Waals surface area contributed by atoms with Gasteiger partial charge >= 0.3 is 5.97 Å². The van der Waals surface area contributed by atoms with Crippen molar-refractivity contribution in [2.24, 2.45) is 5.92 Å². The predicted molar refractivity (Wildman–Crippen MR) is 93.8 cm³/mol. The molecule has 0 spiro atoms. The molecule has 25 heavy (non-hydrogen) atoms. The maximum Gasteiger partial charge on any atom is 0.310 e. The second-order valence-electron chi connectivity index (χ2n) is 6.46. The summed E-state index contributed by atoms with van der Waals surface area (Å²) in [5.41, 5.74) is 0.740. The lowest BCUT2D eigenvalue weighted by Crippen LogP contribution is -2.42. The molecule has 0 unspecified atom stereocenters. The third kappa shape index (κ3) is 5.66. The molecule has 1 aliphatic carbocycles. The van der Waals surface area contributed by atoms with Gasteiger partial charge in [-0.25, -0.2) is 0 Å². The van der Waals surface area contributed by atoms with Crippen LogP contribution in [0.1, 0.15) is 38.2 Å². The Balaban J connectivity index is 1.79. The molecule has 1 fully saturated rings. The molecule has 0 aliphatic heterocycles. The van der Waals surface area contributed by atoms with Gasteiger partial charge in [-0.15, -0.1) is 0 Å². The first-order chi connectivity index (χ1) is 12.0. The van der Waals surface area contributed by atoms with Crippen LogP contribution in [-0.2, 0) is 20.7 Å². The Hall–Kier alpha value is -2.24. The fourth-order valence-corrected chi connectivity index (χ4v) is 3.13. The maximum absolute atomic E-state index is 12.0. The summed E-state index contributed by atoms with van der Waals surface area (Å²) in [6, 6.07) is 5.42. The van der Waals surface area contributed by atoms with Gasteiger partial charge in [0.25, 0.3) is 5.91 Å². The van der Waals surface area contributed by atoms with E-state index in [0.717, 1.165) is 24.8 Å². The van der Waals surface area contributed by atoms with Crippen molar-refractivity contribution in [1.82, 2.24) is 5.32 Å². The highest BCUT2D eigenvalue weighted by molar-refractivity contribution is 5.81. The summed E-state index contributed by atoms with van der Waals surface area (Å²) in [6.45, 7) is 1.91. The Kier molecular flexibility index (Phi) is 7.10. The molecule has 0 saturated heterocycles. The number of rotatable bonds is 7. The first-order valence-electron chi connectivity index (χ1n) is 8.69. The smallest absolute Gasteiger partial charge is 0.310 e. The Labute approximate surface area is 148 Å². The predicted octanol–water partition coefficient (Wildman–Crippen LogP) is 2.48. The molecule has 0 aromatic heterocycles. The van der Waals surface area contributed by atoms with Crippen molar-refractivity contribution in [1.29, 1.82) is 0 Å². The number of nitrogens with one attached hydrogen (secondary N) is 1. The van der Waals surface area contributed by atoms with Gasteiger partial charge in [0.1, 0.15) is 0 Å².